The fraction of sp³-hybridized carbons (Fsp3) is 0.429. The molecule has 6 nitrogen and oxygen atoms in total. The van der Waals surface area contributed by atoms with Crippen LogP contribution in [-0.2, 0) is 22.6 Å². The lowest BCUT2D eigenvalue weighted by Crippen LogP contribution is -2.39. The van der Waals surface area contributed by atoms with Crippen LogP contribution in [0.4, 0.5) is 4.39 Å². The van der Waals surface area contributed by atoms with Crippen molar-refractivity contribution in [1.82, 2.24) is 19.8 Å². The fourth-order valence-electron chi connectivity index (χ4n) is 3.66. The highest BCUT2D eigenvalue weighted by Crippen LogP contribution is 2.20. The molecule has 0 aliphatic carbocycles. The van der Waals surface area contributed by atoms with E-state index in [0.29, 0.717) is 31.6 Å². The Bertz CT molecular complexity index is 815. The SMILES string of the molecule is CC(=O)N(Cc1cncnc1)C1CCCN(C(=O)Cc2ccccc2F)CC1. The Morgan fingerprint density at radius 3 is 2.64 bits per heavy atom. The first-order valence-electron chi connectivity index (χ1n) is 9.57. The van der Waals surface area contributed by atoms with Crippen LogP contribution in [0.2, 0.25) is 0 Å². The van der Waals surface area contributed by atoms with Crippen LogP contribution in [0.5, 0.6) is 0 Å². The van der Waals surface area contributed by atoms with Gasteiger partial charge in [-0.25, -0.2) is 14.4 Å². The minimum absolute atomic E-state index is 0.0000128. The van der Waals surface area contributed by atoms with Crippen molar-refractivity contribution in [3.63, 3.8) is 0 Å². The van der Waals surface area contributed by atoms with Crippen molar-refractivity contribution in [3.8, 4) is 0 Å². The summed E-state index contributed by atoms with van der Waals surface area (Å²) in [5.41, 5.74) is 1.30. The first kappa shape index (κ1) is 19.9. The zero-order valence-corrected chi connectivity index (χ0v) is 16.1. The van der Waals surface area contributed by atoms with E-state index in [0.717, 1.165) is 18.4 Å². The van der Waals surface area contributed by atoms with E-state index in [1.54, 1.807) is 42.4 Å². The van der Waals surface area contributed by atoms with E-state index in [-0.39, 0.29) is 30.1 Å². The molecule has 7 heteroatoms. The average molecular weight is 384 g/mol. The van der Waals surface area contributed by atoms with Gasteiger partial charge in [0.05, 0.1) is 6.42 Å². The van der Waals surface area contributed by atoms with E-state index in [9.17, 15) is 14.0 Å². The maximum atomic E-state index is 13.8. The second-order valence-corrected chi connectivity index (χ2v) is 7.13. The van der Waals surface area contributed by atoms with E-state index in [4.69, 9.17) is 0 Å². The van der Waals surface area contributed by atoms with Gasteiger partial charge in [-0.05, 0) is 30.9 Å². The Kier molecular flexibility index (Phi) is 6.68. The summed E-state index contributed by atoms with van der Waals surface area (Å²) in [4.78, 5) is 36.5. The molecule has 0 bridgehead atoms. The Labute approximate surface area is 164 Å². The van der Waals surface area contributed by atoms with Gasteiger partial charge >= 0.3 is 0 Å². The molecular formula is C21H25FN4O2. The minimum Gasteiger partial charge on any atom is -0.342 e. The Morgan fingerprint density at radius 1 is 1.18 bits per heavy atom. The number of nitrogens with zero attached hydrogens (tertiary/aromatic N) is 4. The van der Waals surface area contributed by atoms with Crippen molar-refractivity contribution in [2.45, 2.75) is 45.2 Å². The summed E-state index contributed by atoms with van der Waals surface area (Å²) in [6.07, 6.45) is 7.30. The maximum absolute atomic E-state index is 13.8. The van der Waals surface area contributed by atoms with Crippen LogP contribution in [0.15, 0.2) is 43.0 Å². The molecule has 0 radical (unpaired) electrons. The molecule has 0 N–H and O–H groups in total. The highest BCUT2D eigenvalue weighted by Gasteiger charge is 2.26. The van der Waals surface area contributed by atoms with Crippen molar-refractivity contribution >= 4 is 11.8 Å². The number of benzene rings is 1. The van der Waals surface area contributed by atoms with E-state index in [1.165, 1.54) is 12.4 Å². The molecule has 1 saturated heterocycles. The lowest BCUT2D eigenvalue weighted by molar-refractivity contribution is -0.132. The third-order valence-corrected chi connectivity index (χ3v) is 5.16. The van der Waals surface area contributed by atoms with Crippen molar-refractivity contribution < 1.29 is 14.0 Å². The second kappa shape index (κ2) is 9.39. The molecule has 1 aromatic carbocycles. The van der Waals surface area contributed by atoms with Crippen LogP contribution >= 0.6 is 0 Å². The third kappa shape index (κ3) is 5.12. The number of carbonyl (C=O) groups excluding carboxylic acids is 2. The first-order chi connectivity index (χ1) is 13.5. The number of rotatable bonds is 5. The Hall–Kier alpha value is -2.83. The van der Waals surface area contributed by atoms with E-state index < -0.39 is 0 Å². The minimum atomic E-state index is -0.351. The molecule has 1 atom stereocenters. The molecule has 1 aromatic heterocycles. The molecule has 0 saturated carbocycles. The smallest absolute Gasteiger partial charge is 0.227 e. The lowest BCUT2D eigenvalue weighted by atomic mass is 10.1. The zero-order valence-electron chi connectivity index (χ0n) is 16.1. The predicted molar refractivity (Wildman–Crippen MR) is 103 cm³/mol. The summed E-state index contributed by atoms with van der Waals surface area (Å²) in [6.45, 7) is 3.22. The Balaban J connectivity index is 1.62. The van der Waals surface area contributed by atoms with Gasteiger partial charge in [-0.15, -0.1) is 0 Å². The monoisotopic (exact) mass is 384 g/mol. The highest BCUT2D eigenvalue weighted by molar-refractivity contribution is 5.79. The normalized spacial score (nSPS) is 17.1. The predicted octanol–water partition coefficient (Wildman–Crippen LogP) is 2.59. The van der Waals surface area contributed by atoms with Crippen LogP contribution < -0.4 is 0 Å². The van der Waals surface area contributed by atoms with Gasteiger partial charge in [-0.3, -0.25) is 9.59 Å². The first-order valence-corrected chi connectivity index (χ1v) is 9.57. The van der Waals surface area contributed by atoms with Crippen LogP contribution in [0.3, 0.4) is 0 Å². The lowest BCUT2D eigenvalue weighted by Gasteiger charge is -2.30. The number of aromatic nitrogens is 2. The van der Waals surface area contributed by atoms with Gasteiger partial charge in [0.1, 0.15) is 12.1 Å². The number of likely N-dealkylation sites (tertiary alicyclic amines) is 1. The van der Waals surface area contributed by atoms with Crippen molar-refractivity contribution in [2.24, 2.45) is 0 Å². The number of hydrogen-bond donors (Lipinski definition) is 0. The number of carbonyl (C=O) groups is 2. The molecule has 28 heavy (non-hydrogen) atoms. The molecular weight excluding hydrogens is 359 g/mol. The highest BCUT2D eigenvalue weighted by atomic mass is 19.1. The summed E-state index contributed by atoms with van der Waals surface area (Å²) < 4.78 is 13.8. The number of hydrogen-bond acceptors (Lipinski definition) is 4. The molecule has 3 rings (SSSR count). The molecule has 1 aliphatic rings. The van der Waals surface area contributed by atoms with Crippen molar-refractivity contribution in [2.75, 3.05) is 13.1 Å². The molecule has 1 aliphatic heterocycles. The Morgan fingerprint density at radius 2 is 1.93 bits per heavy atom. The van der Waals surface area contributed by atoms with Gasteiger partial charge in [-0.2, -0.15) is 0 Å². The molecule has 1 fully saturated rings. The molecule has 1 unspecified atom stereocenters. The zero-order chi connectivity index (χ0) is 19.9. The quantitative estimate of drug-likeness (QED) is 0.795. The van der Waals surface area contributed by atoms with Gasteiger partial charge in [0, 0.05) is 50.6 Å². The average Bonchev–Trinajstić information content (AvgIpc) is 2.94. The summed E-state index contributed by atoms with van der Waals surface area (Å²) in [7, 11) is 0. The summed E-state index contributed by atoms with van der Waals surface area (Å²) >= 11 is 0. The van der Waals surface area contributed by atoms with Gasteiger partial charge < -0.3 is 9.80 Å². The van der Waals surface area contributed by atoms with Crippen LogP contribution in [0.1, 0.15) is 37.3 Å². The van der Waals surface area contributed by atoms with Crippen molar-refractivity contribution in [1.29, 1.82) is 0 Å². The topological polar surface area (TPSA) is 66.4 Å². The number of halogens is 1. The molecule has 2 aromatic rings. The van der Waals surface area contributed by atoms with Crippen LogP contribution in [0.25, 0.3) is 0 Å². The molecule has 2 heterocycles. The fourth-order valence-corrected chi connectivity index (χ4v) is 3.66. The van der Waals surface area contributed by atoms with Crippen LogP contribution in [-0.4, -0.2) is 50.7 Å². The van der Waals surface area contributed by atoms with Gasteiger partial charge in [0.25, 0.3) is 0 Å². The van der Waals surface area contributed by atoms with E-state index in [1.807, 2.05) is 4.90 Å². The van der Waals surface area contributed by atoms with E-state index >= 15 is 0 Å². The van der Waals surface area contributed by atoms with Gasteiger partial charge in [0.15, 0.2) is 0 Å². The standard InChI is InChI=1S/C21H25FN4O2/c1-16(27)26(14-17-12-23-15-24-13-17)19-6-4-9-25(10-8-19)21(28)11-18-5-2-3-7-20(18)22/h2-3,5,7,12-13,15,19H,4,6,8-11,14H2,1H3. The van der Waals surface area contributed by atoms with Gasteiger partial charge in [0.2, 0.25) is 11.8 Å². The summed E-state index contributed by atoms with van der Waals surface area (Å²) in [6, 6.07) is 6.44. The van der Waals surface area contributed by atoms with Gasteiger partial charge in [-0.1, -0.05) is 18.2 Å². The largest absolute Gasteiger partial charge is 0.342 e. The number of amides is 2. The van der Waals surface area contributed by atoms with E-state index in [2.05, 4.69) is 9.97 Å². The molecule has 148 valence electrons. The third-order valence-electron chi connectivity index (χ3n) is 5.16. The summed E-state index contributed by atoms with van der Waals surface area (Å²) in [5, 5.41) is 0. The summed E-state index contributed by atoms with van der Waals surface area (Å²) in [5.74, 6) is -0.423. The molecule has 0 spiro atoms. The van der Waals surface area contributed by atoms with Crippen molar-refractivity contribution in [3.05, 3.63) is 59.9 Å². The maximum Gasteiger partial charge on any atom is 0.227 e. The second-order valence-electron chi connectivity index (χ2n) is 7.13. The van der Waals surface area contributed by atoms with Crippen LogP contribution in [0, 0.1) is 5.82 Å². The molecule has 2 amide bonds.